The van der Waals surface area contributed by atoms with Gasteiger partial charge in [-0.2, -0.15) is 0 Å². The zero-order valence-corrected chi connectivity index (χ0v) is 13.8. The predicted octanol–water partition coefficient (Wildman–Crippen LogP) is 2.78. The molecule has 1 aliphatic heterocycles. The van der Waals surface area contributed by atoms with Gasteiger partial charge in [0.05, 0.1) is 11.8 Å². The minimum absolute atomic E-state index is 0.0326. The first-order valence-corrected chi connectivity index (χ1v) is 7.92. The second kappa shape index (κ2) is 6.54. The molecular weight excluding hydrogens is 367 g/mol. The Morgan fingerprint density at radius 2 is 1.70 bits per heavy atom. The standard InChI is InChI=1S/C16H14BrFN2O3/c17-11-3-4-13(18)12(10-11)15(21)19-5-7-20(8-6-19)16(22)14-2-1-9-23-14/h1-4,9-10H,5-8H2. The molecule has 0 N–H and O–H groups in total. The Bertz CT molecular complexity index is 725. The lowest BCUT2D eigenvalue weighted by molar-refractivity contribution is 0.0515. The van der Waals surface area contributed by atoms with E-state index >= 15 is 0 Å². The van der Waals surface area contributed by atoms with Gasteiger partial charge in [0.25, 0.3) is 11.8 Å². The molecule has 1 aromatic heterocycles. The van der Waals surface area contributed by atoms with E-state index in [0.717, 1.165) is 0 Å². The summed E-state index contributed by atoms with van der Waals surface area (Å²) in [4.78, 5) is 27.8. The quantitative estimate of drug-likeness (QED) is 0.804. The number of hydrogen-bond acceptors (Lipinski definition) is 3. The van der Waals surface area contributed by atoms with Gasteiger partial charge in [-0.3, -0.25) is 9.59 Å². The van der Waals surface area contributed by atoms with Crippen LogP contribution in [-0.2, 0) is 0 Å². The Labute approximate surface area is 140 Å². The number of nitrogens with zero attached hydrogens (tertiary/aromatic N) is 2. The summed E-state index contributed by atoms with van der Waals surface area (Å²) >= 11 is 3.24. The summed E-state index contributed by atoms with van der Waals surface area (Å²) in [6, 6.07) is 7.54. The molecule has 2 heterocycles. The predicted molar refractivity (Wildman–Crippen MR) is 84.6 cm³/mol. The van der Waals surface area contributed by atoms with E-state index < -0.39 is 5.82 Å². The zero-order valence-electron chi connectivity index (χ0n) is 12.2. The third-order valence-corrected chi connectivity index (χ3v) is 4.24. The number of carbonyl (C=O) groups excluding carboxylic acids is 2. The van der Waals surface area contributed by atoms with E-state index in [2.05, 4.69) is 15.9 Å². The maximum absolute atomic E-state index is 13.8. The number of rotatable bonds is 2. The maximum Gasteiger partial charge on any atom is 0.289 e. The van der Waals surface area contributed by atoms with Crippen LogP contribution < -0.4 is 0 Å². The van der Waals surface area contributed by atoms with Crippen molar-refractivity contribution in [3.05, 3.63) is 58.2 Å². The van der Waals surface area contributed by atoms with Crippen molar-refractivity contribution in [3.8, 4) is 0 Å². The summed E-state index contributed by atoms with van der Waals surface area (Å²) in [5.41, 5.74) is 0.0326. The van der Waals surface area contributed by atoms with Gasteiger partial charge in [0, 0.05) is 30.7 Å². The van der Waals surface area contributed by atoms with E-state index in [-0.39, 0.29) is 23.1 Å². The first-order valence-electron chi connectivity index (χ1n) is 7.13. The fourth-order valence-corrected chi connectivity index (χ4v) is 2.86. The molecule has 0 radical (unpaired) electrons. The molecule has 0 aliphatic carbocycles. The lowest BCUT2D eigenvalue weighted by Gasteiger charge is -2.34. The summed E-state index contributed by atoms with van der Waals surface area (Å²) < 4.78 is 19.6. The summed E-state index contributed by atoms with van der Waals surface area (Å²) in [6.07, 6.45) is 1.45. The molecule has 1 saturated heterocycles. The zero-order chi connectivity index (χ0) is 16.4. The highest BCUT2D eigenvalue weighted by molar-refractivity contribution is 9.10. The molecule has 0 spiro atoms. The van der Waals surface area contributed by atoms with E-state index in [4.69, 9.17) is 4.42 Å². The topological polar surface area (TPSA) is 53.8 Å². The number of carbonyl (C=O) groups is 2. The molecule has 0 atom stereocenters. The minimum Gasteiger partial charge on any atom is -0.459 e. The van der Waals surface area contributed by atoms with Crippen LogP contribution in [0, 0.1) is 5.82 Å². The van der Waals surface area contributed by atoms with Crippen LogP contribution in [0.25, 0.3) is 0 Å². The minimum atomic E-state index is -0.549. The van der Waals surface area contributed by atoms with Crippen LogP contribution in [-0.4, -0.2) is 47.8 Å². The van der Waals surface area contributed by atoms with Gasteiger partial charge in [-0.25, -0.2) is 4.39 Å². The molecule has 1 aromatic carbocycles. The number of halogens is 2. The van der Waals surface area contributed by atoms with E-state index in [1.807, 2.05) is 0 Å². The molecule has 7 heteroatoms. The van der Waals surface area contributed by atoms with E-state index in [0.29, 0.717) is 30.7 Å². The van der Waals surface area contributed by atoms with Crippen LogP contribution in [0.1, 0.15) is 20.9 Å². The van der Waals surface area contributed by atoms with Gasteiger partial charge in [0.1, 0.15) is 5.82 Å². The van der Waals surface area contributed by atoms with Crippen LogP contribution >= 0.6 is 15.9 Å². The largest absolute Gasteiger partial charge is 0.459 e. The van der Waals surface area contributed by atoms with Crippen molar-refractivity contribution in [1.82, 2.24) is 9.80 Å². The number of benzene rings is 1. The number of piperazine rings is 1. The van der Waals surface area contributed by atoms with Crippen LogP contribution in [0.5, 0.6) is 0 Å². The second-order valence-corrected chi connectivity index (χ2v) is 6.10. The number of hydrogen-bond donors (Lipinski definition) is 0. The maximum atomic E-state index is 13.8. The molecule has 120 valence electrons. The van der Waals surface area contributed by atoms with Gasteiger partial charge in [0.2, 0.25) is 0 Å². The van der Waals surface area contributed by atoms with Crippen molar-refractivity contribution >= 4 is 27.7 Å². The Morgan fingerprint density at radius 3 is 2.30 bits per heavy atom. The molecule has 3 rings (SSSR count). The van der Waals surface area contributed by atoms with Crippen LogP contribution in [0.15, 0.2) is 45.5 Å². The molecule has 5 nitrogen and oxygen atoms in total. The molecular formula is C16H14BrFN2O3. The Morgan fingerprint density at radius 1 is 1.04 bits per heavy atom. The SMILES string of the molecule is O=C(c1ccco1)N1CCN(C(=O)c2cc(Br)ccc2F)CC1. The van der Waals surface area contributed by atoms with Gasteiger partial charge in [-0.05, 0) is 30.3 Å². The van der Waals surface area contributed by atoms with Gasteiger partial charge in [0.15, 0.2) is 5.76 Å². The van der Waals surface area contributed by atoms with Crippen molar-refractivity contribution in [2.45, 2.75) is 0 Å². The summed E-state index contributed by atoms with van der Waals surface area (Å²) in [7, 11) is 0. The average Bonchev–Trinajstić information content (AvgIpc) is 3.10. The highest BCUT2D eigenvalue weighted by Gasteiger charge is 2.27. The van der Waals surface area contributed by atoms with E-state index in [1.165, 1.54) is 18.4 Å². The lowest BCUT2D eigenvalue weighted by Crippen LogP contribution is -2.50. The first kappa shape index (κ1) is 15.7. The summed E-state index contributed by atoms with van der Waals surface area (Å²) in [6.45, 7) is 1.50. The molecule has 23 heavy (non-hydrogen) atoms. The molecule has 0 bridgehead atoms. The average molecular weight is 381 g/mol. The highest BCUT2D eigenvalue weighted by Crippen LogP contribution is 2.18. The van der Waals surface area contributed by atoms with E-state index in [9.17, 15) is 14.0 Å². The molecule has 2 amide bonds. The van der Waals surface area contributed by atoms with Gasteiger partial charge >= 0.3 is 0 Å². The Hall–Kier alpha value is -2.15. The van der Waals surface area contributed by atoms with Crippen molar-refractivity contribution in [1.29, 1.82) is 0 Å². The van der Waals surface area contributed by atoms with Crippen molar-refractivity contribution < 1.29 is 18.4 Å². The molecule has 2 aromatic rings. The van der Waals surface area contributed by atoms with Crippen molar-refractivity contribution in [2.75, 3.05) is 26.2 Å². The highest BCUT2D eigenvalue weighted by atomic mass is 79.9. The summed E-state index contributed by atoms with van der Waals surface area (Å²) in [5, 5.41) is 0. The smallest absolute Gasteiger partial charge is 0.289 e. The Balaban J connectivity index is 1.66. The van der Waals surface area contributed by atoms with E-state index in [1.54, 1.807) is 28.0 Å². The third kappa shape index (κ3) is 3.29. The number of furan rings is 1. The first-order chi connectivity index (χ1) is 11.1. The van der Waals surface area contributed by atoms with Gasteiger partial charge in [-0.15, -0.1) is 0 Å². The Kier molecular flexibility index (Phi) is 4.47. The lowest BCUT2D eigenvalue weighted by atomic mass is 10.1. The van der Waals surface area contributed by atoms with Crippen LogP contribution in [0.3, 0.4) is 0 Å². The van der Waals surface area contributed by atoms with Crippen molar-refractivity contribution in [3.63, 3.8) is 0 Å². The third-order valence-electron chi connectivity index (χ3n) is 3.74. The second-order valence-electron chi connectivity index (χ2n) is 5.19. The normalized spacial score (nSPS) is 14.9. The summed E-state index contributed by atoms with van der Waals surface area (Å²) in [5.74, 6) is -0.834. The van der Waals surface area contributed by atoms with Crippen molar-refractivity contribution in [2.24, 2.45) is 0 Å². The fourth-order valence-electron chi connectivity index (χ4n) is 2.50. The van der Waals surface area contributed by atoms with Crippen LogP contribution in [0.4, 0.5) is 4.39 Å². The van der Waals surface area contributed by atoms with Gasteiger partial charge in [-0.1, -0.05) is 15.9 Å². The molecule has 1 aliphatic rings. The monoisotopic (exact) mass is 380 g/mol. The number of amides is 2. The fraction of sp³-hybridized carbons (Fsp3) is 0.250. The van der Waals surface area contributed by atoms with Gasteiger partial charge < -0.3 is 14.2 Å². The molecule has 0 saturated carbocycles. The molecule has 0 unspecified atom stereocenters. The van der Waals surface area contributed by atoms with Crippen LogP contribution in [0.2, 0.25) is 0 Å². The molecule has 1 fully saturated rings.